The van der Waals surface area contributed by atoms with Gasteiger partial charge in [-0.3, -0.25) is 4.79 Å². The third-order valence-corrected chi connectivity index (χ3v) is 5.34. The Bertz CT molecular complexity index is 615. The van der Waals surface area contributed by atoms with Crippen LogP contribution in [0.25, 0.3) is 0 Å². The van der Waals surface area contributed by atoms with E-state index in [9.17, 15) is 18.3 Å². The van der Waals surface area contributed by atoms with Gasteiger partial charge in [0.2, 0.25) is 10.0 Å². The van der Waals surface area contributed by atoms with Crippen LogP contribution in [0.5, 0.6) is 0 Å². The summed E-state index contributed by atoms with van der Waals surface area (Å²) >= 11 is 0. The zero-order chi connectivity index (χ0) is 15.6. The molecule has 0 radical (unpaired) electrons. The second kappa shape index (κ2) is 6.17. The fourth-order valence-corrected chi connectivity index (χ4v) is 3.90. The van der Waals surface area contributed by atoms with Crippen LogP contribution in [0, 0.1) is 0 Å². The maximum absolute atomic E-state index is 12.4. The van der Waals surface area contributed by atoms with Gasteiger partial charge in [0.15, 0.2) is 0 Å². The molecule has 1 aliphatic rings. The monoisotopic (exact) mass is 315 g/mol. The number of aryl methyl sites for hydroxylation is 1. The molecular formula is C13H21N3O4S. The minimum atomic E-state index is -3.52. The normalized spacial score (nSPS) is 17.9. The van der Waals surface area contributed by atoms with Crippen molar-refractivity contribution < 1.29 is 18.3 Å². The van der Waals surface area contributed by atoms with Gasteiger partial charge in [0.05, 0.1) is 6.10 Å². The van der Waals surface area contributed by atoms with Gasteiger partial charge in [-0.1, -0.05) is 0 Å². The lowest BCUT2D eigenvalue weighted by molar-refractivity contribution is 0.0916. The quantitative estimate of drug-likeness (QED) is 0.795. The molecule has 0 aliphatic carbocycles. The molecule has 1 aromatic rings. The van der Waals surface area contributed by atoms with Crippen LogP contribution in [0.3, 0.4) is 0 Å². The second-order valence-electron chi connectivity index (χ2n) is 5.34. The van der Waals surface area contributed by atoms with Crippen LogP contribution < -0.4 is 5.32 Å². The summed E-state index contributed by atoms with van der Waals surface area (Å²) in [4.78, 5) is 12.1. The second-order valence-corrected chi connectivity index (χ2v) is 7.28. The van der Waals surface area contributed by atoms with E-state index < -0.39 is 22.0 Å². The maximum atomic E-state index is 12.4. The Morgan fingerprint density at radius 1 is 1.43 bits per heavy atom. The van der Waals surface area contributed by atoms with Crippen molar-refractivity contribution in [3.8, 4) is 0 Å². The molecule has 1 amide bonds. The van der Waals surface area contributed by atoms with Crippen molar-refractivity contribution in [2.75, 3.05) is 19.6 Å². The van der Waals surface area contributed by atoms with Crippen molar-refractivity contribution in [3.05, 3.63) is 18.0 Å². The molecule has 0 saturated carbocycles. The van der Waals surface area contributed by atoms with Gasteiger partial charge in [-0.15, -0.1) is 0 Å². The number of aliphatic hydroxyl groups excluding tert-OH is 1. The van der Waals surface area contributed by atoms with E-state index in [-0.39, 0.29) is 17.1 Å². The summed E-state index contributed by atoms with van der Waals surface area (Å²) in [6.45, 7) is 2.74. The molecule has 1 aromatic heterocycles. The average molecular weight is 315 g/mol. The average Bonchev–Trinajstić information content (AvgIpc) is 3.05. The first kappa shape index (κ1) is 16.0. The van der Waals surface area contributed by atoms with Crippen molar-refractivity contribution in [3.63, 3.8) is 0 Å². The van der Waals surface area contributed by atoms with E-state index in [2.05, 4.69) is 5.32 Å². The molecule has 1 saturated heterocycles. The lowest BCUT2D eigenvalue weighted by atomic mass is 10.3. The van der Waals surface area contributed by atoms with Crippen LogP contribution in [0.4, 0.5) is 0 Å². The van der Waals surface area contributed by atoms with Crippen LogP contribution in [-0.2, 0) is 17.1 Å². The van der Waals surface area contributed by atoms with E-state index in [0.717, 1.165) is 12.8 Å². The summed E-state index contributed by atoms with van der Waals surface area (Å²) in [5, 5.41) is 11.7. The highest BCUT2D eigenvalue weighted by molar-refractivity contribution is 7.89. The van der Waals surface area contributed by atoms with E-state index in [4.69, 9.17) is 0 Å². The largest absolute Gasteiger partial charge is 0.392 e. The zero-order valence-electron chi connectivity index (χ0n) is 12.2. The number of hydrogen-bond donors (Lipinski definition) is 2. The van der Waals surface area contributed by atoms with Crippen molar-refractivity contribution in [1.82, 2.24) is 14.2 Å². The molecule has 1 aliphatic heterocycles. The predicted molar refractivity (Wildman–Crippen MR) is 77.4 cm³/mol. The van der Waals surface area contributed by atoms with E-state index in [1.807, 2.05) is 0 Å². The van der Waals surface area contributed by atoms with E-state index in [1.165, 1.54) is 21.1 Å². The molecule has 2 N–H and O–H groups in total. The number of sulfonamides is 1. The number of aromatic nitrogens is 1. The molecule has 2 heterocycles. The highest BCUT2D eigenvalue weighted by atomic mass is 32.2. The first-order chi connectivity index (χ1) is 9.82. The Labute approximate surface area is 124 Å². The Hall–Kier alpha value is -1.38. The van der Waals surface area contributed by atoms with E-state index in [1.54, 1.807) is 14.0 Å². The molecule has 1 atom stereocenters. The molecule has 0 aromatic carbocycles. The molecule has 1 fully saturated rings. The number of carbonyl (C=O) groups excluding carboxylic acids is 1. The van der Waals surface area contributed by atoms with Crippen LogP contribution in [-0.4, -0.2) is 54.0 Å². The SMILES string of the molecule is CC(O)CNC(=O)c1cc(S(=O)(=O)N2CCCC2)cn1C. The number of nitrogens with one attached hydrogen (secondary N) is 1. The van der Waals surface area contributed by atoms with Crippen LogP contribution in [0.2, 0.25) is 0 Å². The summed E-state index contributed by atoms with van der Waals surface area (Å²) in [6.07, 6.45) is 2.54. The number of hydrogen-bond acceptors (Lipinski definition) is 4. The molecule has 2 rings (SSSR count). The molecular weight excluding hydrogens is 294 g/mol. The zero-order valence-corrected chi connectivity index (χ0v) is 13.1. The van der Waals surface area contributed by atoms with Gasteiger partial charge in [-0.25, -0.2) is 8.42 Å². The first-order valence-corrected chi connectivity index (χ1v) is 8.39. The molecule has 8 heteroatoms. The fraction of sp³-hybridized carbons (Fsp3) is 0.615. The summed E-state index contributed by atoms with van der Waals surface area (Å²) in [6, 6.07) is 1.38. The number of aliphatic hydroxyl groups is 1. The van der Waals surface area contributed by atoms with Crippen molar-refractivity contribution in [2.45, 2.75) is 30.8 Å². The van der Waals surface area contributed by atoms with Crippen molar-refractivity contribution in [2.24, 2.45) is 7.05 Å². The van der Waals surface area contributed by atoms with Crippen molar-refractivity contribution in [1.29, 1.82) is 0 Å². The van der Waals surface area contributed by atoms with E-state index >= 15 is 0 Å². The highest BCUT2D eigenvalue weighted by Gasteiger charge is 2.29. The van der Waals surface area contributed by atoms with Gasteiger partial charge in [0, 0.05) is 32.9 Å². The number of nitrogens with zero attached hydrogens (tertiary/aromatic N) is 2. The van der Waals surface area contributed by atoms with Gasteiger partial charge in [-0.05, 0) is 25.8 Å². The maximum Gasteiger partial charge on any atom is 0.268 e. The Balaban J connectivity index is 2.20. The van der Waals surface area contributed by atoms with Crippen molar-refractivity contribution >= 4 is 15.9 Å². The molecule has 21 heavy (non-hydrogen) atoms. The minimum absolute atomic E-state index is 0.123. The molecule has 0 spiro atoms. The Morgan fingerprint density at radius 3 is 2.62 bits per heavy atom. The van der Waals surface area contributed by atoms with Gasteiger partial charge in [0.1, 0.15) is 10.6 Å². The fourth-order valence-electron chi connectivity index (χ4n) is 2.31. The lowest BCUT2D eigenvalue weighted by Crippen LogP contribution is -2.31. The highest BCUT2D eigenvalue weighted by Crippen LogP contribution is 2.22. The van der Waals surface area contributed by atoms with Crippen LogP contribution in [0.15, 0.2) is 17.2 Å². The smallest absolute Gasteiger partial charge is 0.268 e. The van der Waals surface area contributed by atoms with Gasteiger partial charge in [0.25, 0.3) is 5.91 Å². The molecule has 7 nitrogen and oxygen atoms in total. The lowest BCUT2D eigenvalue weighted by Gasteiger charge is -2.13. The minimum Gasteiger partial charge on any atom is -0.392 e. The number of amides is 1. The molecule has 118 valence electrons. The van der Waals surface area contributed by atoms with Gasteiger partial charge >= 0.3 is 0 Å². The van der Waals surface area contributed by atoms with Gasteiger partial charge < -0.3 is 15.0 Å². The molecule has 0 bridgehead atoms. The van der Waals surface area contributed by atoms with Crippen LogP contribution >= 0.6 is 0 Å². The summed E-state index contributed by atoms with van der Waals surface area (Å²) in [7, 11) is -1.90. The number of rotatable bonds is 5. The summed E-state index contributed by atoms with van der Waals surface area (Å²) in [5.41, 5.74) is 0.258. The number of carbonyl (C=O) groups is 1. The summed E-state index contributed by atoms with van der Waals surface area (Å²) in [5.74, 6) is -0.402. The third-order valence-electron chi connectivity index (χ3n) is 3.47. The Kier molecular flexibility index (Phi) is 4.70. The predicted octanol–water partition coefficient (Wildman–Crippen LogP) is -0.0798. The summed E-state index contributed by atoms with van der Waals surface area (Å²) < 4.78 is 27.8. The standard InChI is InChI=1S/C13H21N3O4S/c1-10(17)8-14-13(18)12-7-11(9-15(12)2)21(19,20)16-5-3-4-6-16/h7,9-10,17H,3-6,8H2,1-2H3,(H,14,18). The molecule has 1 unspecified atom stereocenters. The van der Waals surface area contributed by atoms with Crippen LogP contribution in [0.1, 0.15) is 30.3 Å². The topological polar surface area (TPSA) is 91.6 Å². The third kappa shape index (κ3) is 3.45. The first-order valence-electron chi connectivity index (χ1n) is 6.95. The van der Waals surface area contributed by atoms with E-state index in [0.29, 0.717) is 13.1 Å². The Morgan fingerprint density at radius 2 is 2.05 bits per heavy atom. The van der Waals surface area contributed by atoms with Gasteiger partial charge in [-0.2, -0.15) is 4.31 Å².